The van der Waals surface area contributed by atoms with Gasteiger partial charge in [0, 0.05) is 5.56 Å². The topological polar surface area (TPSA) is 164 Å². The molecule has 1 heterocycles. The average molecular weight is 493 g/mol. The minimum atomic E-state index is -3.88. The maximum atomic E-state index is 12.9. The summed E-state index contributed by atoms with van der Waals surface area (Å²) in [4.78, 5) is 50.9. The summed E-state index contributed by atoms with van der Waals surface area (Å²) >= 11 is 0. The van der Waals surface area contributed by atoms with Crippen LogP contribution in [0.5, 0.6) is 0 Å². The van der Waals surface area contributed by atoms with Crippen LogP contribution in [-0.4, -0.2) is 42.1 Å². The fourth-order valence-electron chi connectivity index (χ4n) is 3.68. The fourth-order valence-corrected chi connectivity index (χ4v) is 4.20. The van der Waals surface area contributed by atoms with Crippen LogP contribution in [0.2, 0.25) is 0 Å². The molecule has 0 aromatic heterocycles. The van der Waals surface area contributed by atoms with Crippen LogP contribution in [0.15, 0.2) is 65.6 Å². The third kappa shape index (κ3) is 4.67. The summed E-state index contributed by atoms with van der Waals surface area (Å²) in [5.41, 5.74) is 1.46. The molecular weight excluding hydrogens is 474 g/mol. The number of carboxylic acid groups (broad SMARTS) is 1. The van der Waals surface area contributed by atoms with Crippen LogP contribution >= 0.6 is 0 Å². The number of nitrogens with one attached hydrogen (secondary N) is 1. The molecule has 0 aliphatic carbocycles. The number of benzene rings is 3. The zero-order valence-corrected chi connectivity index (χ0v) is 19.1. The number of rotatable bonds is 6. The average Bonchev–Trinajstić information content (AvgIpc) is 3.04. The van der Waals surface area contributed by atoms with E-state index in [1.165, 1.54) is 54.6 Å². The molecule has 0 bridgehead atoms. The molecule has 10 nitrogen and oxygen atoms in total. The summed E-state index contributed by atoms with van der Waals surface area (Å²) in [6.07, 6.45) is 0. The summed E-state index contributed by atoms with van der Waals surface area (Å²) in [6.45, 7) is 1.62. The number of primary sulfonamides is 1. The molecule has 11 heteroatoms. The van der Waals surface area contributed by atoms with Gasteiger partial charge in [-0.2, -0.15) is 0 Å². The molecule has 4 rings (SSSR count). The number of anilines is 1. The molecule has 178 valence electrons. The molecule has 0 saturated carbocycles. The van der Waals surface area contributed by atoms with Gasteiger partial charge in [0.05, 0.1) is 33.8 Å². The molecule has 0 atom stereocenters. The van der Waals surface area contributed by atoms with Gasteiger partial charge in [-0.1, -0.05) is 23.8 Å². The Hall–Kier alpha value is -4.35. The second kappa shape index (κ2) is 8.78. The maximum absolute atomic E-state index is 12.9. The highest BCUT2D eigenvalue weighted by Crippen LogP contribution is 2.27. The van der Waals surface area contributed by atoms with Crippen LogP contribution in [0.3, 0.4) is 0 Å². The number of nitrogens with two attached hydrogens (primary N) is 1. The molecule has 35 heavy (non-hydrogen) atoms. The van der Waals surface area contributed by atoms with E-state index in [9.17, 15) is 32.7 Å². The molecule has 0 fully saturated rings. The first kappa shape index (κ1) is 23.8. The number of imide groups is 1. The Bertz CT molecular complexity index is 1510. The van der Waals surface area contributed by atoms with Crippen LogP contribution in [0.4, 0.5) is 5.69 Å². The zero-order valence-electron chi connectivity index (χ0n) is 18.3. The van der Waals surface area contributed by atoms with E-state index in [0.717, 1.165) is 4.90 Å². The number of amides is 3. The van der Waals surface area contributed by atoms with Gasteiger partial charge in [0.2, 0.25) is 10.0 Å². The third-order valence-electron chi connectivity index (χ3n) is 5.48. The van der Waals surface area contributed by atoms with E-state index in [0.29, 0.717) is 11.1 Å². The Labute approximate surface area is 200 Å². The van der Waals surface area contributed by atoms with Crippen molar-refractivity contribution in [3.63, 3.8) is 0 Å². The Morgan fingerprint density at radius 3 is 2.23 bits per heavy atom. The number of carboxylic acids is 1. The van der Waals surface area contributed by atoms with Gasteiger partial charge < -0.3 is 10.4 Å². The smallest absolute Gasteiger partial charge is 0.337 e. The Morgan fingerprint density at radius 1 is 0.943 bits per heavy atom. The van der Waals surface area contributed by atoms with Crippen LogP contribution < -0.4 is 10.5 Å². The maximum Gasteiger partial charge on any atom is 0.337 e. The van der Waals surface area contributed by atoms with E-state index in [1.807, 2.05) is 0 Å². The summed E-state index contributed by atoms with van der Waals surface area (Å²) in [5, 5.41) is 17.0. The quantitative estimate of drug-likeness (QED) is 0.444. The lowest BCUT2D eigenvalue weighted by molar-refractivity contribution is 0.0639. The van der Waals surface area contributed by atoms with Gasteiger partial charge in [0.25, 0.3) is 17.7 Å². The first-order valence-corrected chi connectivity index (χ1v) is 11.8. The monoisotopic (exact) mass is 493 g/mol. The summed E-state index contributed by atoms with van der Waals surface area (Å²) in [6, 6.07) is 14.0. The molecule has 3 aromatic carbocycles. The van der Waals surface area contributed by atoms with Gasteiger partial charge >= 0.3 is 5.97 Å². The number of nitrogens with zero attached hydrogens (tertiary/aromatic N) is 1. The van der Waals surface area contributed by atoms with Gasteiger partial charge in [-0.15, -0.1) is 0 Å². The second-order valence-corrected chi connectivity index (χ2v) is 9.52. The molecule has 3 amide bonds. The standard InChI is InChI=1S/C24H19N3O7S/c1-13-2-9-20(19(10-13)24(31)32)26-21(28)15-5-8-17-18(11-15)23(30)27(22(17)29)12-14-3-6-16(7-4-14)35(25,33)34/h2-11H,12H2,1H3,(H,26,28)(H,31,32)(H2,25,33,34). The first-order valence-electron chi connectivity index (χ1n) is 10.2. The van der Waals surface area contributed by atoms with Gasteiger partial charge in [0.1, 0.15) is 0 Å². The van der Waals surface area contributed by atoms with Gasteiger partial charge in [-0.05, 0) is 55.0 Å². The van der Waals surface area contributed by atoms with Crippen molar-refractivity contribution in [3.8, 4) is 0 Å². The largest absolute Gasteiger partial charge is 0.478 e. The molecule has 0 radical (unpaired) electrons. The van der Waals surface area contributed by atoms with E-state index < -0.39 is 33.7 Å². The lowest BCUT2D eigenvalue weighted by Gasteiger charge is -2.14. The molecule has 0 spiro atoms. The van der Waals surface area contributed by atoms with Crippen molar-refractivity contribution in [1.29, 1.82) is 0 Å². The van der Waals surface area contributed by atoms with Crippen molar-refractivity contribution >= 4 is 39.4 Å². The normalized spacial score (nSPS) is 13.0. The molecule has 4 N–H and O–H groups in total. The minimum absolute atomic E-state index is 0.0335. The molecular formula is C24H19N3O7S. The highest BCUT2D eigenvalue weighted by atomic mass is 32.2. The number of hydrogen-bond acceptors (Lipinski definition) is 6. The number of aryl methyl sites for hydroxylation is 1. The highest BCUT2D eigenvalue weighted by Gasteiger charge is 2.36. The number of sulfonamides is 1. The molecule has 1 aliphatic rings. The van der Waals surface area contributed by atoms with E-state index in [4.69, 9.17) is 5.14 Å². The van der Waals surface area contributed by atoms with E-state index >= 15 is 0 Å². The minimum Gasteiger partial charge on any atom is -0.478 e. The van der Waals surface area contributed by atoms with Crippen molar-refractivity contribution in [3.05, 3.63) is 94.0 Å². The molecule has 1 aliphatic heterocycles. The predicted molar refractivity (Wildman–Crippen MR) is 125 cm³/mol. The molecule has 0 unspecified atom stereocenters. The first-order chi connectivity index (χ1) is 16.5. The Morgan fingerprint density at radius 2 is 1.60 bits per heavy atom. The second-order valence-electron chi connectivity index (χ2n) is 7.95. The number of carbonyl (C=O) groups is 4. The third-order valence-corrected chi connectivity index (χ3v) is 6.41. The fraction of sp³-hybridized carbons (Fsp3) is 0.0833. The van der Waals surface area contributed by atoms with Crippen LogP contribution in [0.1, 0.15) is 52.6 Å². The van der Waals surface area contributed by atoms with Gasteiger partial charge in [0.15, 0.2) is 0 Å². The number of carbonyl (C=O) groups excluding carboxylic acids is 3. The van der Waals surface area contributed by atoms with E-state index in [-0.39, 0.29) is 39.4 Å². The van der Waals surface area contributed by atoms with Crippen LogP contribution in [0, 0.1) is 6.92 Å². The molecule has 3 aromatic rings. The number of fused-ring (bicyclic) bond motifs is 1. The summed E-state index contributed by atoms with van der Waals surface area (Å²) in [5.74, 6) is -3.01. The van der Waals surface area contributed by atoms with Gasteiger partial charge in [-0.3, -0.25) is 19.3 Å². The highest BCUT2D eigenvalue weighted by molar-refractivity contribution is 7.89. The zero-order chi connectivity index (χ0) is 25.5. The van der Waals surface area contributed by atoms with Crippen molar-refractivity contribution in [2.45, 2.75) is 18.4 Å². The Balaban J connectivity index is 1.56. The van der Waals surface area contributed by atoms with E-state index in [2.05, 4.69) is 5.32 Å². The summed E-state index contributed by atoms with van der Waals surface area (Å²) < 4.78 is 22.8. The number of aromatic carboxylic acids is 1. The summed E-state index contributed by atoms with van der Waals surface area (Å²) in [7, 11) is -3.88. The molecule has 0 saturated heterocycles. The lowest BCUT2D eigenvalue weighted by atomic mass is 10.0. The predicted octanol–water partition coefficient (Wildman–Crippen LogP) is 2.39. The van der Waals surface area contributed by atoms with Crippen molar-refractivity contribution in [1.82, 2.24) is 4.90 Å². The van der Waals surface area contributed by atoms with Crippen molar-refractivity contribution in [2.24, 2.45) is 5.14 Å². The SMILES string of the molecule is Cc1ccc(NC(=O)c2ccc3c(c2)C(=O)N(Cc2ccc(S(N)(=O)=O)cc2)C3=O)c(C(=O)O)c1. The lowest BCUT2D eigenvalue weighted by Crippen LogP contribution is -2.29. The van der Waals surface area contributed by atoms with Crippen molar-refractivity contribution in [2.75, 3.05) is 5.32 Å². The van der Waals surface area contributed by atoms with Crippen LogP contribution in [-0.2, 0) is 16.6 Å². The van der Waals surface area contributed by atoms with Crippen molar-refractivity contribution < 1.29 is 32.7 Å². The van der Waals surface area contributed by atoms with Gasteiger partial charge in [-0.25, -0.2) is 18.4 Å². The number of hydrogen-bond donors (Lipinski definition) is 3. The van der Waals surface area contributed by atoms with Crippen LogP contribution in [0.25, 0.3) is 0 Å². The Kier molecular flexibility index (Phi) is 5.97. The van der Waals surface area contributed by atoms with E-state index in [1.54, 1.807) is 13.0 Å².